The smallest absolute Gasteiger partial charge is 0.453 e. The van der Waals surface area contributed by atoms with Crippen LogP contribution in [0.4, 0.5) is 13.2 Å². The van der Waals surface area contributed by atoms with Gasteiger partial charge in [0.15, 0.2) is 0 Å². The first-order valence-electron chi connectivity index (χ1n) is 14.0. The Morgan fingerprint density at radius 3 is 2.29 bits per heavy atom. The molecule has 0 N–H and O–H groups in total. The van der Waals surface area contributed by atoms with Crippen LogP contribution in [0.2, 0.25) is 0 Å². The average molecular weight is 563 g/mol. The van der Waals surface area contributed by atoms with E-state index in [9.17, 15) is 13.2 Å². The third-order valence-electron chi connectivity index (χ3n) is 8.63. The zero-order chi connectivity index (χ0) is 28.6. The summed E-state index contributed by atoms with van der Waals surface area (Å²) in [6.45, 7) is 4.65. The minimum Gasteiger partial charge on any atom is -0.496 e. The second kappa shape index (κ2) is 11.3. The maximum absolute atomic E-state index is 13.6. The van der Waals surface area contributed by atoms with Crippen molar-refractivity contribution in [2.75, 3.05) is 20.2 Å². The molecule has 0 bridgehead atoms. The van der Waals surface area contributed by atoms with Crippen molar-refractivity contribution in [2.24, 2.45) is 0 Å². The van der Waals surface area contributed by atoms with Gasteiger partial charge in [0, 0.05) is 42.7 Å². The molecule has 4 aromatic rings. The zero-order valence-electron chi connectivity index (χ0n) is 23.1. The summed E-state index contributed by atoms with van der Waals surface area (Å²) >= 11 is 0. The fraction of sp³-hybridized carbons (Fsp3) is 0.387. The van der Waals surface area contributed by atoms with Crippen molar-refractivity contribution in [3.05, 3.63) is 101 Å². The molecule has 0 spiro atoms. The number of halogens is 3. The number of benzene rings is 3. The van der Waals surface area contributed by atoms with E-state index in [4.69, 9.17) is 4.74 Å². The molecule has 2 unspecified atom stereocenters. The number of tetrazole rings is 1. The SMILES string of the molecule is COc1ccc(-n2nnnc2C(F)(F)F)cc1CN1CC(C(c2ccccc2)c2ccccc2)N2CCC[C@H]2C1C. The first-order chi connectivity index (χ1) is 19.8. The van der Waals surface area contributed by atoms with Crippen molar-refractivity contribution >= 4 is 0 Å². The van der Waals surface area contributed by atoms with Gasteiger partial charge in [0.2, 0.25) is 0 Å². The summed E-state index contributed by atoms with van der Waals surface area (Å²) in [4.78, 5) is 5.15. The standard InChI is InChI=1S/C31H33F3N6O/c1-21-26-14-9-17-39(26)27(29(22-10-5-3-6-11-22)23-12-7-4-8-13-23)20-38(21)19-24-18-25(15-16-28(24)41-2)40-30(31(32,33)34)35-36-37-40/h3-8,10-13,15-16,18,21,26-27,29H,9,14,17,19-20H2,1-2H3/t21?,26-,27?/m0/s1. The molecule has 0 aliphatic carbocycles. The van der Waals surface area contributed by atoms with Gasteiger partial charge in [-0.3, -0.25) is 9.80 Å². The molecule has 3 aromatic carbocycles. The fourth-order valence-corrected chi connectivity index (χ4v) is 6.74. The summed E-state index contributed by atoms with van der Waals surface area (Å²) in [5.74, 6) is -0.359. The molecular formula is C31H33F3N6O. The first kappa shape index (κ1) is 27.4. The Morgan fingerprint density at radius 1 is 0.976 bits per heavy atom. The molecule has 2 saturated heterocycles. The number of fused-ring (bicyclic) bond motifs is 1. The number of hydrogen-bond acceptors (Lipinski definition) is 6. The molecule has 1 aromatic heterocycles. The van der Waals surface area contributed by atoms with E-state index in [-0.39, 0.29) is 23.7 Å². The predicted octanol–water partition coefficient (Wildman–Crippen LogP) is 5.56. The van der Waals surface area contributed by atoms with Crippen LogP contribution in [-0.2, 0) is 12.7 Å². The van der Waals surface area contributed by atoms with Crippen LogP contribution in [-0.4, -0.2) is 68.3 Å². The number of piperazine rings is 1. The summed E-state index contributed by atoms with van der Waals surface area (Å²) in [5.41, 5.74) is 3.60. The summed E-state index contributed by atoms with van der Waals surface area (Å²) in [7, 11) is 1.58. The highest BCUT2D eigenvalue weighted by atomic mass is 19.4. The topological polar surface area (TPSA) is 59.3 Å². The van der Waals surface area contributed by atoms with Crippen LogP contribution < -0.4 is 4.74 Å². The Labute approximate surface area is 237 Å². The zero-order valence-corrected chi connectivity index (χ0v) is 23.1. The Kier molecular flexibility index (Phi) is 7.52. The lowest BCUT2D eigenvalue weighted by molar-refractivity contribution is -0.146. The highest BCUT2D eigenvalue weighted by molar-refractivity contribution is 5.44. The number of rotatable bonds is 7. The number of alkyl halides is 3. The van der Waals surface area contributed by atoms with Gasteiger partial charge in [0.25, 0.3) is 5.82 Å². The van der Waals surface area contributed by atoms with Gasteiger partial charge in [-0.1, -0.05) is 60.7 Å². The summed E-state index contributed by atoms with van der Waals surface area (Å²) in [6, 6.07) is 27.2. The third-order valence-corrected chi connectivity index (χ3v) is 8.63. The van der Waals surface area contributed by atoms with E-state index in [0.29, 0.717) is 18.3 Å². The molecule has 2 aliphatic rings. The van der Waals surface area contributed by atoms with Crippen LogP contribution in [0.1, 0.15) is 48.2 Å². The van der Waals surface area contributed by atoms with Crippen LogP contribution in [0, 0.1) is 0 Å². The van der Waals surface area contributed by atoms with Crippen molar-refractivity contribution in [3.63, 3.8) is 0 Å². The van der Waals surface area contributed by atoms with Crippen molar-refractivity contribution in [2.45, 2.75) is 56.5 Å². The normalized spacial score (nSPS) is 21.8. The number of hydrogen-bond donors (Lipinski definition) is 0. The lowest BCUT2D eigenvalue weighted by Gasteiger charge is -2.51. The molecular weight excluding hydrogens is 529 g/mol. The lowest BCUT2D eigenvalue weighted by atomic mass is 9.81. The van der Waals surface area contributed by atoms with Crippen LogP contribution >= 0.6 is 0 Å². The Morgan fingerprint density at radius 2 is 1.66 bits per heavy atom. The van der Waals surface area contributed by atoms with Gasteiger partial charge in [-0.15, -0.1) is 5.10 Å². The Hall–Kier alpha value is -3.76. The third kappa shape index (κ3) is 5.34. The first-order valence-corrected chi connectivity index (χ1v) is 14.0. The molecule has 0 amide bonds. The molecule has 7 nitrogen and oxygen atoms in total. The summed E-state index contributed by atoms with van der Waals surface area (Å²) < 4.78 is 47.1. The van der Waals surface area contributed by atoms with Crippen LogP contribution in [0.3, 0.4) is 0 Å². The lowest BCUT2D eigenvalue weighted by Crippen LogP contribution is -2.62. The van der Waals surface area contributed by atoms with E-state index >= 15 is 0 Å². The summed E-state index contributed by atoms with van der Waals surface area (Å²) in [6.07, 6.45) is -2.41. The van der Waals surface area contributed by atoms with Gasteiger partial charge in [0.05, 0.1) is 12.8 Å². The van der Waals surface area contributed by atoms with E-state index in [0.717, 1.165) is 36.2 Å². The molecule has 3 atom stereocenters. The highest BCUT2D eigenvalue weighted by Gasteiger charge is 2.45. The molecule has 2 fully saturated rings. The Balaban J connectivity index is 1.37. The largest absolute Gasteiger partial charge is 0.496 e. The minimum absolute atomic E-state index is 0.178. The fourth-order valence-electron chi connectivity index (χ4n) is 6.74. The van der Waals surface area contributed by atoms with Gasteiger partial charge in [-0.05, 0) is 66.1 Å². The molecule has 2 aliphatic heterocycles. The Bertz CT molecular complexity index is 1420. The van der Waals surface area contributed by atoms with Crippen molar-refractivity contribution < 1.29 is 17.9 Å². The van der Waals surface area contributed by atoms with Gasteiger partial charge in [0.1, 0.15) is 5.75 Å². The van der Waals surface area contributed by atoms with Gasteiger partial charge in [-0.2, -0.15) is 17.9 Å². The van der Waals surface area contributed by atoms with Gasteiger partial charge < -0.3 is 4.74 Å². The second-order valence-electron chi connectivity index (χ2n) is 10.9. The van der Waals surface area contributed by atoms with E-state index in [1.165, 1.54) is 11.1 Å². The van der Waals surface area contributed by atoms with E-state index in [1.54, 1.807) is 25.3 Å². The maximum Gasteiger partial charge on any atom is 0.453 e. The summed E-state index contributed by atoms with van der Waals surface area (Å²) in [5, 5.41) is 10.1. The van der Waals surface area contributed by atoms with Crippen molar-refractivity contribution in [1.29, 1.82) is 0 Å². The van der Waals surface area contributed by atoms with E-state index in [2.05, 4.69) is 80.8 Å². The van der Waals surface area contributed by atoms with Crippen molar-refractivity contribution in [1.82, 2.24) is 30.0 Å². The molecule has 0 saturated carbocycles. The number of ether oxygens (including phenoxy) is 1. The number of methoxy groups -OCH3 is 1. The van der Waals surface area contributed by atoms with E-state index < -0.39 is 12.0 Å². The van der Waals surface area contributed by atoms with Crippen molar-refractivity contribution in [3.8, 4) is 11.4 Å². The quantitative estimate of drug-likeness (QED) is 0.294. The van der Waals surface area contributed by atoms with E-state index in [1.807, 2.05) is 12.1 Å². The van der Waals surface area contributed by atoms with Gasteiger partial charge >= 0.3 is 6.18 Å². The van der Waals surface area contributed by atoms with Gasteiger partial charge in [-0.25, -0.2) is 0 Å². The molecule has 41 heavy (non-hydrogen) atoms. The molecule has 3 heterocycles. The van der Waals surface area contributed by atoms with Crippen LogP contribution in [0.25, 0.3) is 5.69 Å². The van der Waals surface area contributed by atoms with Crippen LogP contribution in [0.15, 0.2) is 78.9 Å². The molecule has 214 valence electrons. The maximum atomic E-state index is 13.6. The highest BCUT2D eigenvalue weighted by Crippen LogP contribution is 2.40. The molecule has 6 rings (SSSR count). The minimum atomic E-state index is -4.67. The number of nitrogens with zero attached hydrogens (tertiary/aromatic N) is 6. The average Bonchev–Trinajstić information content (AvgIpc) is 3.68. The molecule has 10 heteroatoms. The second-order valence-corrected chi connectivity index (χ2v) is 10.9. The number of aromatic nitrogens is 4. The van der Waals surface area contributed by atoms with Crippen LogP contribution in [0.5, 0.6) is 5.75 Å². The predicted molar refractivity (Wildman–Crippen MR) is 149 cm³/mol. The molecule has 0 radical (unpaired) electrons. The monoisotopic (exact) mass is 562 g/mol.